The molecule has 0 amide bonds. The van der Waals surface area contributed by atoms with E-state index >= 15 is 0 Å². The highest BCUT2D eigenvalue weighted by atomic mass is 14.9. The zero-order valence-electron chi connectivity index (χ0n) is 6.86. The molecule has 1 atom stereocenters. The van der Waals surface area contributed by atoms with E-state index in [1.165, 1.54) is 0 Å². The van der Waals surface area contributed by atoms with Crippen LogP contribution in [-0.4, -0.2) is 19.1 Å². The van der Waals surface area contributed by atoms with Crippen molar-refractivity contribution in [2.24, 2.45) is 11.7 Å². The zero-order chi connectivity index (χ0) is 7.49. The maximum atomic E-state index is 5.91. The summed E-state index contributed by atoms with van der Waals surface area (Å²) in [5.74, 6) is 0.532. The summed E-state index contributed by atoms with van der Waals surface area (Å²) in [5, 5.41) is 3.06. The van der Waals surface area contributed by atoms with Crippen LogP contribution in [0.1, 0.15) is 20.8 Å². The van der Waals surface area contributed by atoms with Crippen molar-refractivity contribution < 1.29 is 0 Å². The predicted octanol–water partition coefficient (Wildman–Crippen LogP) is 0.579. The zero-order valence-corrected chi connectivity index (χ0v) is 6.86. The fraction of sp³-hybridized carbons (Fsp3) is 1.00. The van der Waals surface area contributed by atoms with E-state index in [4.69, 9.17) is 5.73 Å². The molecule has 2 heteroatoms. The van der Waals surface area contributed by atoms with Crippen molar-refractivity contribution in [2.75, 3.05) is 13.6 Å². The Hall–Kier alpha value is -0.0800. The molecule has 0 aromatic carbocycles. The number of hydrogen-bond acceptors (Lipinski definition) is 2. The highest BCUT2D eigenvalue weighted by Gasteiger charge is 2.20. The molecule has 0 aliphatic rings. The Balaban J connectivity index is 3.70. The number of nitrogens with two attached hydrogens (primary N) is 1. The molecule has 0 aromatic heterocycles. The van der Waals surface area contributed by atoms with Crippen LogP contribution < -0.4 is 11.1 Å². The van der Waals surface area contributed by atoms with Gasteiger partial charge in [-0.25, -0.2) is 0 Å². The Morgan fingerprint density at radius 1 is 1.56 bits per heavy atom. The van der Waals surface area contributed by atoms with Crippen LogP contribution in [0, 0.1) is 5.92 Å². The molecule has 0 rings (SSSR count). The van der Waals surface area contributed by atoms with E-state index in [0.29, 0.717) is 5.92 Å². The minimum Gasteiger partial charge on any atom is -0.324 e. The molecule has 0 spiro atoms. The van der Waals surface area contributed by atoms with Crippen molar-refractivity contribution in [3.63, 3.8) is 0 Å². The molecule has 9 heavy (non-hydrogen) atoms. The van der Waals surface area contributed by atoms with Crippen molar-refractivity contribution in [3.05, 3.63) is 0 Å². The lowest BCUT2D eigenvalue weighted by molar-refractivity contribution is 0.330. The first-order valence-corrected chi connectivity index (χ1v) is 3.44. The third kappa shape index (κ3) is 2.82. The lowest BCUT2D eigenvalue weighted by atomic mass is 9.90. The Labute approximate surface area is 57.8 Å². The number of nitrogens with one attached hydrogen (secondary N) is 1. The van der Waals surface area contributed by atoms with Gasteiger partial charge in [-0.1, -0.05) is 13.8 Å². The van der Waals surface area contributed by atoms with Gasteiger partial charge in [0, 0.05) is 12.1 Å². The first kappa shape index (κ1) is 8.92. The minimum absolute atomic E-state index is 0.0608. The van der Waals surface area contributed by atoms with Gasteiger partial charge in [-0.05, 0) is 19.9 Å². The van der Waals surface area contributed by atoms with Gasteiger partial charge in [0.2, 0.25) is 0 Å². The highest BCUT2D eigenvalue weighted by Crippen LogP contribution is 2.10. The molecule has 0 aromatic rings. The topological polar surface area (TPSA) is 38.0 Å². The van der Waals surface area contributed by atoms with Crippen LogP contribution in [-0.2, 0) is 0 Å². The lowest BCUT2D eigenvalue weighted by Gasteiger charge is -2.28. The monoisotopic (exact) mass is 130 g/mol. The quantitative estimate of drug-likeness (QED) is 0.586. The molecule has 2 nitrogen and oxygen atoms in total. The fourth-order valence-electron chi connectivity index (χ4n) is 0.585. The Morgan fingerprint density at radius 3 is 2.11 bits per heavy atom. The van der Waals surface area contributed by atoms with Crippen molar-refractivity contribution in [1.29, 1.82) is 0 Å². The fourth-order valence-corrected chi connectivity index (χ4v) is 0.585. The van der Waals surface area contributed by atoms with E-state index in [1.807, 2.05) is 7.05 Å². The highest BCUT2D eigenvalue weighted by molar-refractivity contribution is 4.83. The summed E-state index contributed by atoms with van der Waals surface area (Å²) in [6, 6.07) is 0. The summed E-state index contributed by atoms with van der Waals surface area (Å²) < 4.78 is 0. The molecule has 0 aliphatic carbocycles. The molecule has 0 saturated carbocycles. The van der Waals surface area contributed by atoms with Gasteiger partial charge in [0.1, 0.15) is 0 Å². The predicted molar refractivity (Wildman–Crippen MR) is 41.4 cm³/mol. The molecule has 0 bridgehead atoms. The standard InChI is InChI=1S/C7H18N2/c1-6(2)7(3,8)5-9-4/h6,9H,5,8H2,1-4H3. The molecule has 0 aliphatic heterocycles. The van der Waals surface area contributed by atoms with Gasteiger partial charge in [0.15, 0.2) is 0 Å². The normalized spacial score (nSPS) is 18.0. The van der Waals surface area contributed by atoms with Crippen LogP contribution in [0.5, 0.6) is 0 Å². The van der Waals surface area contributed by atoms with Crippen molar-refractivity contribution in [3.8, 4) is 0 Å². The second kappa shape index (κ2) is 3.18. The molecule has 56 valence electrons. The molecule has 0 saturated heterocycles. The molecular weight excluding hydrogens is 112 g/mol. The van der Waals surface area contributed by atoms with E-state index in [9.17, 15) is 0 Å². The Morgan fingerprint density at radius 2 is 2.00 bits per heavy atom. The van der Waals surface area contributed by atoms with Crippen molar-refractivity contribution in [1.82, 2.24) is 5.32 Å². The van der Waals surface area contributed by atoms with Gasteiger partial charge in [-0.3, -0.25) is 0 Å². The molecule has 1 unspecified atom stereocenters. The smallest absolute Gasteiger partial charge is 0.0275 e. The van der Waals surface area contributed by atoms with Crippen LogP contribution in [0.2, 0.25) is 0 Å². The van der Waals surface area contributed by atoms with Gasteiger partial charge in [-0.15, -0.1) is 0 Å². The summed E-state index contributed by atoms with van der Waals surface area (Å²) in [6.07, 6.45) is 0. The van der Waals surface area contributed by atoms with Gasteiger partial charge >= 0.3 is 0 Å². The second-order valence-corrected chi connectivity index (χ2v) is 3.19. The second-order valence-electron chi connectivity index (χ2n) is 3.19. The van der Waals surface area contributed by atoms with Gasteiger partial charge in [-0.2, -0.15) is 0 Å². The molecule has 0 radical (unpaired) electrons. The van der Waals surface area contributed by atoms with Crippen molar-refractivity contribution >= 4 is 0 Å². The van der Waals surface area contributed by atoms with Crippen LogP contribution in [0.25, 0.3) is 0 Å². The maximum absolute atomic E-state index is 5.91. The number of likely N-dealkylation sites (N-methyl/N-ethyl adjacent to an activating group) is 1. The van der Waals surface area contributed by atoms with Crippen LogP contribution >= 0.6 is 0 Å². The van der Waals surface area contributed by atoms with Crippen LogP contribution in [0.3, 0.4) is 0 Å². The van der Waals surface area contributed by atoms with E-state index in [0.717, 1.165) is 6.54 Å². The lowest BCUT2D eigenvalue weighted by Crippen LogP contribution is -2.49. The summed E-state index contributed by atoms with van der Waals surface area (Å²) in [4.78, 5) is 0. The Bertz CT molecular complexity index is 77.0. The largest absolute Gasteiger partial charge is 0.324 e. The number of hydrogen-bond donors (Lipinski definition) is 2. The van der Waals surface area contributed by atoms with Gasteiger partial charge in [0.25, 0.3) is 0 Å². The summed E-state index contributed by atoms with van der Waals surface area (Å²) in [7, 11) is 1.92. The van der Waals surface area contributed by atoms with E-state index in [1.54, 1.807) is 0 Å². The van der Waals surface area contributed by atoms with Crippen molar-refractivity contribution in [2.45, 2.75) is 26.3 Å². The summed E-state index contributed by atoms with van der Waals surface area (Å²) >= 11 is 0. The minimum atomic E-state index is -0.0608. The average Bonchev–Trinajstić information content (AvgIpc) is 1.65. The molecule has 0 fully saturated rings. The summed E-state index contributed by atoms with van der Waals surface area (Å²) in [5.41, 5.74) is 5.85. The first-order chi connectivity index (χ1) is 4.00. The van der Waals surface area contributed by atoms with Gasteiger partial charge in [0.05, 0.1) is 0 Å². The number of rotatable bonds is 3. The van der Waals surface area contributed by atoms with Crippen LogP contribution in [0.15, 0.2) is 0 Å². The summed E-state index contributed by atoms with van der Waals surface area (Å²) in [6.45, 7) is 7.22. The Kier molecular flexibility index (Phi) is 3.15. The van der Waals surface area contributed by atoms with E-state index < -0.39 is 0 Å². The maximum Gasteiger partial charge on any atom is 0.0275 e. The van der Waals surface area contributed by atoms with Crippen LogP contribution in [0.4, 0.5) is 0 Å². The van der Waals surface area contributed by atoms with E-state index in [2.05, 4.69) is 26.1 Å². The van der Waals surface area contributed by atoms with E-state index in [-0.39, 0.29) is 5.54 Å². The third-order valence-corrected chi connectivity index (χ3v) is 1.88. The molecular formula is C7H18N2. The van der Waals surface area contributed by atoms with Gasteiger partial charge < -0.3 is 11.1 Å². The average molecular weight is 130 g/mol. The first-order valence-electron chi connectivity index (χ1n) is 3.44. The third-order valence-electron chi connectivity index (χ3n) is 1.88. The SMILES string of the molecule is CNCC(C)(N)C(C)C. The molecule has 0 heterocycles. The molecule has 3 N–H and O–H groups in total.